The van der Waals surface area contributed by atoms with Gasteiger partial charge in [-0.1, -0.05) is 0 Å². The maximum atomic E-state index is 5.37. The van der Waals surface area contributed by atoms with Crippen molar-refractivity contribution >= 4 is 40.7 Å². The zero-order chi connectivity index (χ0) is 5.98. The Morgan fingerprint density at radius 3 is 2.56 bits per heavy atom. The molecule has 0 aliphatic rings. The van der Waals surface area contributed by atoms with Gasteiger partial charge < -0.3 is 5.73 Å². The summed E-state index contributed by atoms with van der Waals surface area (Å²) < 4.78 is 3.81. The normalized spacial score (nSPS) is 8.56. The highest BCUT2D eigenvalue weighted by Crippen LogP contribution is 2.06. The van der Waals surface area contributed by atoms with E-state index in [0.29, 0.717) is 16.8 Å². The summed E-state index contributed by atoms with van der Waals surface area (Å²) in [6.07, 6.45) is 0. The predicted molar refractivity (Wildman–Crippen MR) is 41.1 cm³/mol. The summed E-state index contributed by atoms with van der Waals surface area (Å²) >= 11 is 6.53. The Morgan fingerprint density at radius 2 is 2.33 bits per heavy atom. The molecule has 0 fully saturated rings. The molecule has 0 spiro atoms. The number of hydrogen-bond donors (Lipinski definition) is 1. The van der Waals surface area contributed by atoms with Crippen molar-refractivity contribution in [3.63, 3.8) is 0 Å². The van der Waals surface area contributed by atoms with Crippen LogP contribution in [0.2, 0.25) is 0 Å². The summed E-state index contributed by atoms with van der Waals surface area (Å²) in [6.45, 7) is 0. The molecular weight excluding hydrogens is 181 g/mol. The third kappa shape index (κ3) is 2.34. The summed E-state index contributed by atoms with van der Waals surface area (Å²) in [5, 5.41) is 0.473. The number of rotatable bonds is 1. The van der Waals surface area contributed by atoms with E-state index in [-0.39, 0.29) is 12.4 Å². The van der Waals surface area contributed by atoms with E-state index in [1.54, 1.807) is 0 Å². The maximum absolute atomic E-state index is 5.37. The highest BCUT2D eigenvalue weighted by molar-refractivity contribution is 7.09. The van der Waals surface area contributed by atoms with Crippen molar-refractivity contribution in [1.29, 1.82) is 0 Å². The van der Waals surface area contributed by atoms with Gasteiger partial charge in [-0.3, -0.25) is 0 Å². The maximum Gasteiger partial charge on any atom is 0.199 e. The number of nitrogen functional groups attached to an aromatic ring is 1. The Hall–Kier alpha value is -0.0600. The van der Waals surface area contributed by atoms with Crippen LogP contribution >= 0.6 is 35.5 Å². The predicted octanol–water partition coefficient (Wildman–Crippen LogP) is 1.28. The Balaban J connectivity index is 0.000000640. The van der Waals surface area contributed by atoms with E-state index in [1.165, 1.54) is 0 Å². The summed E-state index contributed by atoms with van der Waals surface area (Å²) in [5.41, 5.74) is 5.24. The molecule has 2 N–H and O–H groups in total. The molecule has 9 heavy (non-hydrogen) atoms. The fourth-order valence-corrected chi connectivity index (χ4v) is 0.963. The zero-order valence-corrected chi connectivity index (χ0v) is 6.76. The minimum absolute atomic E-state index is 0. The van der Waals surface area contributed by atoms with Crippen molar-refractivity contribution in [1.82, 2.24) is 9.36 Å². The van der Waals surface area contributed by atoms with E-state index in [4.69, 9.17) is 17.3 Å². The molecule has 0 saturated carbocycles. The largest absolute Gasteiger partial charge is 0.374 e. The molecule has 0 bridgehead atoms. The highest BCUT2D eigenvalue weighted by Gasteiger charge is 1.95. The topological polar surface area (TPSA) is 51.8 Å². The van der Waals surface area contributed by atoms with Crippen LogP contribution in [0.1, 0.15) is 5.82 Å². The van der Waals surface area contributed by atoms with Crippen molar-refractivity contribution in [2.75, 3.05) is 5.73 Å². The van der Waals surface area contributed by atoms with Crippen molar-refractivity contribution in [3.8, 4) is 0 Å². The molecule has 0 unspecified atom stereocenters. The van der Waals surface area contributed by atoms with Gasteiger partial charge in [-0.2, -0.15) is 4.37 Å². The second-order valence-corrected chi connectivity index (χ2v) is 2.23. The molecule has 6 heteroatoms. The fourth-order valence-electron chi connectivity index (χ4n) is 0.322. The average Bonchev–Trinajstić information content (AvgIpc) is 2.14. The first-order valence-electron chi connectivity index (χ1n) is 1.97. The van der Waals surface area contributed by atoms with E-state index < -0.39 is 0 Å². The second-order valence-electron chi connectivity index (χ2n) is 1.18. The second kappa shape index (κ2) is 3.87. The lowest BCUT2D eigenvalue weighted by Gasteiger charge is -1.75. The van der Waals surface area contributed by atoms with Crippen molar-refractivity contribution < 1.29 is 0 Å². The van der Waals surface area contributed by atoms with Crippen molar-refractivity contribution in [3.05, 3.63) is 5.82 Å². The molecule has 52 valence electrons. The summed E-state index contributed by atoms with van der Waals surface area (Å²) in [6, 6.07) is 0. The first-order chi connectivity index (χ1) is 3.83. The average molecular weight is 186 g/mol. The number of alkyl halides is 1. The van der Waals surface area contributed by atoms with Crippen LogP contribution in [0, 0.1) is 0 Å². The lowest BCUT2D eigenvalue weighted by atomic mass is 10.7. The van der Waals surface area contributed by atoms with Gasteiger partial charge in [0.2, 0.25) is 0 Å². The number of nitrogens with two attached hydrogens (primary N) is 1. The first kappa shape index (κ1) is 8.94. The molecule has 1 rings (SSSR count). The highest BCUT2D eigenvalue weighted by atomic mass is 35.5. The minimum Gasteiger partial charge on any atom is -0.374 e. The molecule has 0 atom stereocenters. The molecule has 1 aromatic heterocycles. The molecule has 0 aliphatic heterocycles. The molecule has 0 amide bonds. The lowest BCUT2D eigenvalue weighted by molar-refractivity contribution is 1.14. The number of halogens is 2. The van der Waals surface area contributed by atoms with Crippen LogP contribution in [-0.2, 0) is 5.88 Å². The Kier molecular flexibility index (Phi) is 3.84. The molecule has 0 aromatic carbocycles. The van der Waals surface area contributed by atoms with Crippen LogP contribution in [0.4, 0.5) is 5.13 Å². The summed E-state index contributed by atoms with van der Waals surface area (Å²) in [5.74, 6) is 0.947. The SMILES string of the molecule is Cl.Nc1nc(CCl)ns1. The zero-order valence-electron chi connectivity index (χ0n) is 4.37. The van der Waals surface area contributed by atoms with Crippen LogP contribution < -0.4 is 5.73 Å². The molecule has 0 aliphatic carbocycles. The number of aromatic nitrogens is 2. The van der Waals surface area contributed by atoms with Gasteiger partial charge in [0.15, 0.2) is 11.0 Å². The third-order valence-corrected chi connectivity index (χ3v) is 1.42. The van der Waals surface area contributed by atoms with Crippen molar-refractivity contribution in [2.24, 2.45) is 0 Å². The molecule has 3 nitrogen and oxygen atoms in total. The molecule has 0 radical (unpaired) electrons. The summed E-state index contributed by atoms with van der Waals surface area (Å²) in [4.78, 5) is 3.78. The van der Waals surface area contributed by atoms with Gasteiger partial charge in [0.25, 0.3) is 0 Å². The Labute approximate surface area is 67.8 Å². The standard InChI is InChI=1S/C3H4ClN3S.ClH/c4-1-2-6-3(5)8-7-2;/h1H2,(H2,5,6,7);1H. The van der Waals surface area contributed by atoms with E-state index in [2.05, 4.69) is 9.36 Å². The van der Waals surface area contributed by atoms with Gasteiger partial charge in [0, 0.05) is 11.5 Å². The summed E-state index contributed by atoms with van der Waals surface area (Å²) in [7, 11) is 0. The van der Waals surface area contributed by atoms with Crippen LogP contribution in [0.5, 0.6) is 0 Å². The first-order valence-corrected chi connectivity index (χ1v) is 3.27. The van der Waals surface area contributed by atoms with Gasteiger partial charge in [-0.15, -0.1) is 24.0 Å². The molecule has 0 saturated heterocycles. The van der Waals surface area contributed by atoms with E-state index >= 15 is 0 Å². The Bertz CT molecular complexity index is 177. The smallest absolute Gasteiger partial charge is 0.199 e. The van der Waals surface area contributed by atoms with Gasteiger partial charge in [0.05, 0.1) is 5.88 Å². The molecule has 1 aromatic rings. The number of hydrogen-bond acceptors (Lipinski definition) is 4. The van der Waals surface area contributed by atoms with Crippen LogP contribution in [0.25, 0.3) is 0 Å². The fraction of sp³-hybridized carbons (Fsp3) is 0.333. The Morgan fingerprint density at radius 1 is 1.67 bits per heavy atom. The monoisotopic (exact) mass is 185 g/mol. The third-order valence-electron chi connectivity index (χ3n) is 0.603. The van der Waals surface area contributed by atoms with Gasteiger partial charge >= 0.3 is 0 Å². The lowest BCUT2D eigenvalue weighted by Crippen LogP contribution is -1.83. The van der Waals surface area contributed by atoms with E-state index in [1.807, 2.05) is 0 Å². The number of nitrogens with zero attached hydrogens (tertiary/aromatic N) is 2. The van der Waals surface area contributed by atoms with Crippen LogP contribution in [-0.4, -0.2) is 9.36 Å². The molecule has 1 heterocycles. The minimum atomic E-state index is 0. The van der Waals surface area contributed by atoms with Crippen LogP contribution in [0.15, 0.2) is 0 Å². The van der Waals surface area contributed by atoms with Gasteiger partial charge in [-0.25, -0.2) is 4.98 Å². The molecular formula is C3H5Cl2N3S. The van der Waals surface area contributed by atoms with E-state index in [9.17, 15) is 0 Å². The van der Waals surface area contributed by atoms with Gasteiger partial charge in [-0.05, 0) is 0 Å². The van der Waals surface area contributed by atoms with Crippen LogP contribution in [0.3, 0.4) is 0 Å². The van der Waals surface area contributed by atoms with Crippen molar-refractivity contribution in [2.45, 2.75) is 5.88 Å². The number of anilines is 1. The van der Waals surface area contributed by atoms with E-state index in [0.717, 1.165) is 11.5 Å². The quantitative estimate of drug-likeness (QED) is 0.672. The van der Waals surface area contributed by atoms with Gasteiger partial charge in [0.1, 0.15) is 0 Å².